The summed E-state index contributed by atoms with van der Waals surface area (Å²) in [5, 5.41) is 0. The van der Waals surface area contributed by atoms with Gasteiger partial charge in [-0.1, -0.05) is 90.0 Å². The van der Waals surface area contributed by atoms with E-state index in [2.05, 4.69) is 55.0 Å². The Hall–Kier alpha value is -1.57. The summed E-state index contributed by atoms with van der Waals surface area (Å²) in [6, 6.07) is 9.46. The van der Waals surface area contributed by atoms with Gasteiger partial charge in [-0.15, -0.1) is 0 Å². The number of nitrogens with one attached hydrogen (secondary N) is 1. The van der Waals surface area contributed by atoms with Crippen LogP contribution in [0.25, 0.3) is 0 Å². The fourth-order valence-corrected chi connectivity index (χ4v) is 4.15. The van der Waals surface area contributed by atoms with Crippen molar-refractivity contribution in [3.05, 3.63) is 53.6 Å². The van der Waals surface area contributed by atoms with Gasteiger partial charge in [-0.2, -0.15) is 0 Å². The zero-order valence-corrected chi connectivity index (χ0v) is 18.6. The van der Waals surface area contributed by atoms with E-state index in [0.29, 0.717) is 11.8 Å². The minimum absolute atomic E-state index is 0.595. The average Bonchev–Trinajstić information content (AvgIpc) is 3.25. The summed E-state index contributed by atoms with van der Waals surface area (Å²) >= 11 is 0. The molecule has 0 spiro atoms. The lowest BCUT2D eigenvalue weighted by Crippen LogP contribution is -2.03. The van der Waals surface area contributed by atoms with Crippen molar-refractivity contribution in [3.63, 3.8) is 0 Å². The third-order valence-corrected chi connectivity index (χ3v) is 6.12. The maximum absolute atomic E-state index is 4.52. The standard InChI is InChI=1S/C26H42N2/c1-4-6-8-9-10-13-23-16-18-24(19-17-23)22(3)12-11-15-25(14-7-5-2)26-27-20-21-28-26/h16-22,25H,4-15H2,1-3H3,(H,27,28). The van der Waals surface area contributed by atoms with Gasteiger partial charge in [0.05, 0.1) is 0 Å². The number of benzene rings is 1. The van der Waals surface area contributed by atoms with Gasteiger partial charge < -0.3 is 4.98 Å². The number of hydrogen-bond acceptors (Lipinski definition) is 1. The van der Waals surface area contributed by atoms with Gasteiger partial charge >= 0.3 is 0 Å². The predicted octanol–water partition coefficient (Wildman–Crippen LogP) is 8.17. The Kier molecular flexibility index (Phi) is 11.0. The fraction of sp³-hybridized carbons (Fsp3) is 0.654. The van der Waals surface area contributed by atoms with E-state index < -0.39 is 0 Å². The molecule has 1 aromatic heterocycles. The van der Waals surface area contributed by atoms with Crippen molar-refractivity contribution in [2.75, 3.05) is 0 Å². The average molecular weight is 383 g/mol. The van der Waals surface area contributed by atoms with Crippen LogP contribution >= 0.6 is 0 Å². The van der Waals surface area contributed by atoms with Crippen molar-refractivity contribution >= 4 is 0 Å². The Labute approximate surface area is 173 Å². The summed E-state index contributed by atoms with van der Waals surface area (Å²) < 4.78 is 0. The van der Waals surface area contributed by atoms with Crippen molar-refractivity contribution in [1.82, 2.24) is 9.97 Å². The second-order valence-corrected chi connectivity index (χ2v) is 8.55. The Bertz CT molecular complexity index is 600. The van der Waals surface area contributed by atoms with E-state index in [1.165, 1.54) is 94.0 Å². The predicted molar refractivity (Wildman–Crippen MR) is 122 cm³/mol. The normalized spacial score (nSPS) is 13.5. The van der Waals surface area contributed by atoms with Gasteiger partial charge in [-0.05, 0) is 49.1 Å². The fourth-order valence-electron chi connectivity index (χ4n) is 4.15. The van der Waals surface area contributed by atoms with Gasteiger partial charge in [0.25, 0.3) is 0 Å². The molecule has 2 nitrogen and oxygen atoms in total. The third kappa shape index (κ3) is 8.20. The van der Waals surface area contributed by atoms with Gasteiger partial charge in [-0.3, -0.25) is 0 Å². The summed E-state index contributed by atoms with van der Waals surface area (Å²) in [5.41, 5.74) is 3.00. The summed E-state index contributed by atoms with van der Waals surface area (Å²) in [7, 11) is 0. The van der Waals surface area contributed by atoms with Gasteiger partial charge in [0, 0.05) is 18.3 Å². The molecule has 0 saturated carbocycles. The first-order valence-electron chi connectivity index (χ1n) is 11.8. The highest BCUT2D eigenvalue weighted by Gasteiger charge is 2.14. The minimum Gasteiger partial charge on any atom is -0.348 e. The van der Waals surface area contributed by atoms with E-state index in [-0.39, 0.29) is 0 Å². The first-order valence-corrected chi connectivity index (χ1v) is 11.8. The summed E-state index contributed by atoms with van der Waals surface area (Å²) in [6.07, 6.45) is 19.5. The maximum atomic E-state index is 4.52. The molecule has 0 aliphatic carbocycles. The largest absolute Gasteiger partial charge is 0.348 e. The van der Waals surface area contributed by atoms with Crippen molar-refractivity contribution in [2.45, 2.75) is 110 Å². The van der Waals surface area contributed by atoms with Crippen molar-refractivity contribution < 1.29 is 0 Å². The molecule has 0 amide bonds. The molecule has 2 rings (SSSR count). The van der Waals surface area contributed by atoms with Crippen LogP contribution in [0.15, 0.2) is 36.7 Å². The van der Waals surface area contributed by atoms with Crippen molar-refractivity contribution in [2.24, 2.45) is 0 Å². The van der Waals surface area contributed by atoms with Gasteiger partial charge in [-0.25, -0.2) is 4.98 Å². The van der Waals surface area contributed by atoms with Crippen LogP contribution in [0.3, 0.4) is 0 Å². The molecule has 2 aromatic rings. The molecule has 0 bridgehead atoms. The van der Waals surface area contributed by atoms with Crippen LogP contribution in [-0.2, 0) is 6.42 Å². The molecule has 0 radical (unpaired) electrons. The number of unbranched alkanes of at least 4 members (excludes halogenated alkanes) is 5. The SMILES string of the molecule is CCCCCCCc1ccc(C(C)CCCC(CCCC)c2ncc[nH]2)cc1. The Morgan fingerprint density at radius 2 is 1.54 bits per heavy atom. The van der Waals surface area contributed by atoms with E-state index in [0.717, 1.165) is 0 Å². The second kappa shape index (κ2) is 13.6. The molecular formula is C26H42N2. The van der Waals surface area contributed by atoms with Crippen LogP contribution in [0.2, 0.25) is 0 Å². The lowest BCUT2D eigenvalue weighted by molar-refractivity contribution is 0.485. The quantitative estimate of drug-likeness (QED) is 0.309. The van der Waals surface area contributed by atoms with Crippen LogP contribution in [0, 0.1) is 0 Å². The van der Waals surface area contributed by atoms with Crippen LogP contribution < -0.4 is 0 Å². The third-order valence-electron chi connectivity index (χ3n) is 6.12. The number of aromatic nitrogens is 2. The highest BCUT2D eigenvalue weighted by atomic mass is 14.9. The molecule has 0 aliphatic rings. The lowest BCUT2D eigenvalue weighted by atomic mass is 9.90. The maximum Gasteiger partial charge on any atom is 0.109 e. The van der Waals surface area contributed by atoms with E-state index in [1.54, 1.807) is 0 Å². The van der Waals surface area contributed by atoms with Gasteiger partial charge in [0.15, 0.2) is 0 Å². The number of rotatable bonds is 15. The molecule has 1 heterocycles. The number of nitrogens with zero attached hydrogens (tertiary/aromatic N) is 1. The molecule has 2 unspecified atom stereocenters. The number of hydrogen-bond donors (Lipinski definition) is 1. The first-order chi connectivity index (χ1) is 13.7. The molecular weight excluding hydrogens is 340 g/mol. The molecule has 0 fully saturated rings. The Balaban J connectivity index is 1.73. The van der Waals surface area contributed by atoms with Crippen molar-refractivity contribution in [1.29, 1.82) is 0 Å². The zero-order chi connectivity index (χ0) is 20.0. The van der Waals surface area contributed by atoms with Crippen LogP contribution in [-0.4, -0.2) is 9.97 Å². The van der Waals surface area contributed by atoms with E-state index >= 15 is 0 Å². The number of aromatic amines is 1. The second-order valence-electron chi connectivity index (χ2n) is 8.55. The highest BCUT2D eigenvalue weighted by molar-refractivity contribution is 5.25. The Morgan fingerprint density at radius 1 is 0.821 bits per heavy atom. The molecule has 1 aromatic carbocycles. The number of aryl methyl sites for hydroxylation is 1. The summed E-state index contributed by atoms with van der Waals surface area (Å²) in [5.74, 6) is 2.42. The van der Waals surface area contributed by atoms with Gasteiger partial charge in [0.2, 0.25) is 0 Å². The number of imidazole rings is 1. The van der Waals surface area contributed by atoms with Crippen molar-refractivity contribution in [3.8, 4) is 0 Å². The molecule has 2 atom stereocenters. The highest BCUT2D eigenvalue weighted by Crippen LogP contribution is 2.28. The zero-order valence-electron chi connectivity index (χ0n) is 18.6. The smallest absolute Gasteiger partial charge is 0.109 e. The topological polar surface area (TPSA) is 28.7 Å². The summed E-state index contributed by atoms with van der Waals surface area (Å²) in [6.45, 7) is 6.94. The monoisotopic (exact) mass is 382 g/mol. The van der Waals surface area contributed by atoms with E-state index in [1.807, 2.05) is 12.4 Å². The minimum atomic E-state index is 0.595. The van der Waals surface area contributed by atoms with Crippen LogP contribution in [0.4, 0.5) is 0 Å². The number of H-pyrrole nitrogens is 1. The molecule has 0 saturated heterocycles. The molecule has 0 aliphatic heterocycles. The summed E-state index contributed by atoms with van der Waals surface area (Å²) in [4.78, 5) is 7.86. The van der Waals surface area contributed by atoms with Crippen LogP contribution in [0.5, 0.6) is 0 Å². The van der Waals surface area contributed by atoms with Gasteiger partial charge in [0.1, 0.15) is 5.82 Å². The molecule has 28 heavy (non-hydrogen) atoms. The lowest BCUT2D eigenvalue weighted by Gasteiger charge is -2.17. The molecule has 2 heteroatoms. The molecule has 156 valence electrons. The van der Waals surface area contributed by atoms with Crippen LogP contribution in [0.1, 0.15) is 120 Å². The van der Waals surface area contributed by atoms with E-state index in [4.69, 9.17) is 0 Å². The first kappa shape index (κ1) is 22.7. The van der Waals surface area contributed by atoms with E-state index in [9.17, 15) is 0 Å². The Morgan fingerprint density at radius 3 is 2.21 bits per heavy atom. The molecule has 1 N–H and O–H groups in total.